The minimum absolute atomic E-state index is 0.152. The molecule has 3 N–H and O–H groups in total. The smallest absolute Gasteiger partial charge is 0.124 e. The van der Waals surface area contributed by atoms with E-state index in [4.69, 9.17) is 9.84 Å². The summed E-state index contributed by atoms with van der Waals surface area (Å²) in [5.74, 6) is 1.11. The molecule has 20 heavy (non-hydrogen) atoms. The molecule has 0 aromatic heterocycles. The number of aryl methyl sites for hydroxylation is 1. The summed E-state index contributed by atoms with van der Waals surface area (Å²) in [7, 11) is 1.61. The lowest BCUT2D eigenvalue weighted by atomic mass is 10.00. The topological polar surface area (TPSA) is 61.7 Å². The van der Waals surface area contributed by atoms with Crippen LogP contribution in [0.4, 0.5) is 0 Å². The van der Waals surface area contributed by atoms with Crippen LogP contribution in [0.1, 0.15) is 37.5 Å². The average molecular weight is 281 g/mol. The van der Waals surface area contributed by atoms with Gasteiger partial charge in [0.15, 0.2) is 0 Å². The van der Waals surface area contributed by atoms with Gasteiger partial charge in [-0.3, -0.25) is 0 Å². The van der Waals surface area contributed by atoms with Crippen LogP contribution in [0.5, 0.6) is 5.75 Å². The predicted octanol–water partition coefficient (Wildman–Crippen LogP) is 2.03. The lowest BCUT2D eigenvalue weighted by Crippen LogP contribution is -2.37. The molecule has 0 aliphatic carbocycles. The van der Waals surface area contributed by atoms with Crippen LogP contribution in [0.15, 0.2) is 18.2 Å². The van der Waals surface area contributed by atoms with Crippen molar-refractivity contribution in [2.24, 2.45) is 5.92 Å². The fraction of sp³-hybridized carbons (Fsp3) is 0.625. The third-order valence-corrected chi connectivity index (χ3v) is 3.56. The van der Waals surface area contributed by atoms with E-state index in [0.717, 1.165) is 11.1 Å². The van der Waals surface area contributed by atoms with Crippen molar-refractivity contribution < 1.29 is 14.9 Å². The van der Waals surface area contributed by atoms with E-state index in [1.807, 2.05) is 25.1 Å². The third-order valence-electron chi connectivity index (χ3n) is 3.56. The van der Waals surface area contributed by atoms with Crippen molar-refractivity contribution in [1.82, 2.24) is 5.32 Å². The van der Waals surface area contributed by atoms with Gasteiger partial charge in [-0.2, -0.15) is 0 Å². The molecule has 114 valence electrons. The summed E-state index contributed by atoms with van der Waals surface area (Å²) in [5, 5.41) is 22.7. The first-order chi connectivity index (χ1) is 9.49. The summed E-state index contributed by atoms with van der Waals surface area (Å²) >= 11 is 0. The molecule has 4 heteroatoms. The fourth-order valence-electron chi connectivity index (χ4n) is 2.30. The standard InChI is InChI=1S/C16H27NO3/c1-11(2)14(7-8-18)17-10-15(19)13-9-12(3)5-6-16(13)20-4/h5-6,9,11,14-15,17-19H,7-8,10H2,1-4H3. The van der Waals surface area contributed by atoms with Crippen LogP contribution in [0, 0.1) is 12.8 Å². The second kappa shape index (κ2) is 8.25. The molecule has 4 nitrogen and oxygen atoms in total. The monoisotopic (exact) mass is 281 g/mol. The van der Waals surface area contributed by atoms with E-state index < -0.39 is 6.10 Å². The van der Waals surface area contributed by atoms with Gasteiger partial charge in [0.2, 0.25) is 0 Å². The van der Waals surface area contributed by atoms with Crippen LogP contribution in [0.3, 0.4) is 0 Å². The summed E-state index contributed by atoms with van der Waals surface area (Å²) in [6.07, 6.45) is 0.0693. The molecule has 0 aliphatic heterocycles. The summed E-state index contributed by atoms with van der Waals surface area (Å²) in [6, 6.07) is 5.99. The molecular formula is C16H27NO3. The van der Waals surface area contributed by atoms with Gasteiger partial charge in [0, 0.05) is 24.8 Å². The second-order valence-corrected chi connectivity index (χ2v) is 5.53. The van der Waals surface area contributed by atoms with Crippen LogP contribution < -0.4 is 10.1 Å². The van der Waals surface area contributed by atoms with E-state index in [-0.39, 0.29) is 12.6 Å². The van der Waals surface area contributed by atoms with Gasteiger partial charge >= 0.3 is 0 Å². The number of benzene rings is 1. The Balaban J connectivity index is 2.70. The van der Waals surface area contributed by atoms with Gasteiger partial charge in [-0.05, 0) is 31.4 Å². The molecule has 1 aromatic rings. The third kappa shape index (κ3) is 4.78. The average Bonchev–Trinajstić information content (AvgIpc) is 2.42. The molecule has 2 atom stereocenters. The van der Waals surface area contributed by atoms with Crippen molar-refractivity contribution in [1.29, 1.82) is 0 Å². The second-order valence-electron chi connectivity index (χ2n) is 5.53. The zero-order valence-electron chi connectivity index (χ0n) is 12.9. The van der Waals surface area contributed by atoms with E-state index >= 15 is 0 Å². The lowest BCUT2D eigenvalue weighted by molar-refractivity contribution is 0.155. The molecule has 0 spiro atoms. The highest BCUT2D eigenvalue weighted by atomic mass is 16.5. The maximum Gasteiger partial charge on any atom is 0.124 e. The molecule has 2 unspecified atom stereocenters. The molecule has 1 rings (SSSR count). The van der Waals surface area contributed by atoms with Crippen molar-refractivity contribution in [3.63, 3.8) is 0 Å². The Hall–Kier alpha value is -1.10. The Morgan fingerprint density at radius 3 is 2.55 bits per heavy atom. The number of methoxy groups -OCH3 is 1. The predicted molar refractivity (Wildman–Crippen MR) is 81.0 cm³/mol. The molecule has 0 fully saturated rings. The maximum atomic E-state index is 10.4. The number of nitrogens with one attached hydrogen (secondary N) is 1. The summed E-state index contributed by atoms with van der Waals surface area (Å²) in [5.41, 5.74) is 1.89. The maximum absolute atomic E-state index is 10.4. The largest absolute Gasteiger partial charge is 0.496 e. The van der Waals surface area contributed by atoms with Gasteiger partial charge in [0.25, 0.3) is 0 Å². The molecule has 0 aliphatic rings. The van der Waals surface area contributed by atoms with Crippen molar-refractivity contribution in [3.8, 4) is 5.75 Å². The zero-order valence-corrected chi connectivity index (χ0v) is 12.9. The number of aliphatic hydroxyl groups is 2. The van der Waals surface area contributed by atoms with Gasteiger partial charge in [-0.25, -0.2) is 0 Å². The van der Waals surface area contributed by atoms with Crippen molar-refractivity contribution >= 4 is 0 Å². The molecule has 0 heterocycles. The normalized spacial score (nSPS) is 14.3. The molecule has 1 aromatic carbocycles. The lowest BCUT2D eigenvalue weighted by Gasteiger charge is -2.24. The quantitative estimate of drug-likeness (QED) is 0.682. The molecule has 0 saturated heterocycles. The molecule has 0 bridgehead atoms. The van der Waals surface area contributed by atoms with E-state index in [1.54, 1.807) is 7.11 Å². The van der Waals surface area contributed by atoms with Crippen LogP contribution >= 0.6 is 0 Å². The number of rotatable bonds is 8. The van der Waals surface area contributed by atoms with E-state index in [0.29, 0.717) is 24.6 Å². The Morgan fingerprint density at radius 1 is 1.30 bits per heavy atom. The number of hydrogen-bond acceptors (Lipinski definition) is 4. The van der Waals surface area contributed by atoms with Crippen LogP contribution in [-0.4, -0.2) is 36.5 Å². The fourth-order valence-corrected chi connectivity index (χ4v) is 2.30. The Bertz CT molecular complexity index is 407. The highest BCUT2D eigenvalue weighted by Crippen LogP contribution is 2.26. The number of ether oxygens (including phenoxy) is 1. The first-order valence-electron chi connectivity index (χ1n) is 7.16. The van der Waals surface area contributed by atoms with Gasteiger partial charge in [-0.15, -0.1) is 0 Å². The zero-order chi connectivity index (χ0) is 15.1. The Kier molecular flexibility index (Phi) is 6.99. The Labute approximate surface area is 121 Å². The van der Waals surface area contributed by atoms with Crippen molar-refractivity contribution in [2.45, 2.75) is 39.3 Å². The minimum atomic E-state index is -0.621. The van der Waals surface area contributed by atoms with Crippen molar-refractivity contribution in [3.05, 3.63) is 29.3 Å². The molecular weight excluding hydrogens is 254 g/mol. The molecule has 0 saturated carbocycles. The first-order valence-corrected chi connectivity index (χ1v) is 7.16. The minimum Gasteiger partial charge on any atom is -0.496 e. The Morgan fingerprint density at radius 2 is 2.00 bits per heavy atom. The summed E-state index contributed by atoms with van der Waals surface area (Å²) < 4.78 is 5.30. The number of aliphatic hydroxyl groups excluding tert-OH is 2. The van der Waals surface area contributed by atoms with Crippen LogP contribution in [0.2, 0.25) is 0 Å². The van der Waals surface area contributed by atoms with E-state index in [1.165, 1.54) is 0 Å². The highest BCUT2D eigenvalue weighted by molar-refractivity contribution is 5.38. The van der Waals surface area contributed by atoms with Gasteiger partial charge in [-0.1, -0.05) is 25.5 Å². The van der Waals surface area contributed by atoms with E-state index in [9.17, 15) is 5.11 Å². The SMILES string of the molecule is COc1ccc(C)cc1C(O)CNC(CCO)C(C)C. The van der Waals surface area contributed by atoms with E-state index in [2.05, 4.69) is 19.2 Å². The number of hydrogen-bond donors (Lipinski definition) is 3. The van der Waals surface area contributed by atoms with Crippen LogP contribution in [0.25, 0.3) is 0 Å². The van der Waals surface area contributed by atoms with Gasteiger partial charge in [0.05, 0.1) is 13.2 Å². The van der Waals surface area contributed by atoms with Gasteiger partial charge < -0.3 is 20.3 Å². The van der Waals surface area contributed by atoms with Gasteiger partial charge in [0.1, 0.15) is 5.75 Å². The summed E-state index contributed by atoms with van der Waals surface area (Å²) in [6.45, 7) is 6.80. The molecule has 0 amide bonds. The summed E-state index contributed by atoms with van der Waals surface area (Å²) in [4.78, 5) is 0. The van der Waals surface area contributed by atoms with Crippen molar-refractivity contribution in [2.75, 3.05) is 20.3 Å². The first kappa shape index (κ1) is 17.0. The molecule has 0 radical (unpaired) electrons. The highest BCUT2D eigenvalue weighted by Gasteiger charge is 2.17. The van der Waals surface area contributed by atoms with Crippen LogP contribution in [-0.2, 0) is 0 Å².